The van der Waals surface area contributed by atoms with E-state index in [4.69, 9.17) is 5.73 Å². The summed E-state index contributed by atoms with van der Waals surface area (Å²) in [6.45, 7) is 6.38. The summed E-state index contributed by atoms with van der Waals surface area (Å²) in [5, 5.41) is 0.189. The van der Waals surface area contributed by atoms with Crippen LogP contribution in [0.25, 0.3) is 28.1 Å². The van der Waals surface area contributed by atoms with E-state index in [0.717, 1.165) is 23.7 Å². The van der Waals surface area contributed by atoms with Crippen molar-refractivity contribution in [1.29, 1.82) is 0 Å². The second-order valence-corrected chi connectivity index (χ2v) is 12.8. The van der Waals surface area contributed by atoms with Gasteiger partial charge in [-0.05, 0) is 49.5 Å². The highest BCUT2D eigenvalue weighted by Gasteiger charge is 2.34. The van der Waals surface area contributed by atoms with Gasteiger partial charge in [-0.25, -0.2) is 37.1 Å². The molecule has 3 aromatic heterocycles. The summed E-state index contributed by atoms with van der Waals surface area (Å²) in [5.41, 5.74) is 5.98. The Hall–Kier alpha value is -4.72. The number of nitrogen functional groups attached to an aromatic ring is 1. The third-order valence-corrected chi connectivity index (χ3v) is 8.95. The van der Waals surface area contributed by atoms with Crippen molar-refractivity contribution in [1.82, 2.24) is 29.4 Å². The zero-order valence-corrected chi connectivity index (χ0v) is 24.4. The number of carbonyl (C=O) groups is 1. The molecule has 1 aromatic carbocycles. The molecule has 0 unspecified atom stereocenters. The predicted molar refractivity (Wildman–Crippen MR) is 159 cm³/mol. The van der Waals surface area contributed by atoms with Crippen molar-refractivity contribution in [3.8, 4) is 17.1 Å². The van der Waals surface area contributed by atoms with Crippen LogP contribution in [0.5, 0.6) is 0 Å². The number of nitrogens with zero attached hydrogens (tertiary/aromatic N) is 7. The summed E-state index contributed by atoms with van der Waals surface area (Å²) in [6.07, 6.45) is 6.49. The molecule has 0 radical (unpaired) electrons. The first kappa shape index (κ1) is 28.4. The van der Waals surface area contributed by atoms with Crippen LogP contribution in [0.2, 0.25) is 0 Å². The second kappa shape index (κ2) is 10.5. The average molecular weight is 605 g/mol. The molecule has 0 bridgehead atoms. The molecule has 1 atom stereocenters. The molecule has 12 nitrogen and oxygen atoms in total. The van der Waals surface area contributed by atoms with Gasteiger partial charge in [-0.2, -0.15) is 4.98 Å². The minimum Gasteiger partial charge on any atom is -0.396 e. The lowest BCUT2D eigenvalue weighted by atomic mass is 10.1. The van der Waals surface area contributed by atoms with Gasteiger partial charge >= 0.3 is 5.69 Å². The Morgan fingerprint density at radius 2 is 1.95 bits per heavy atom. The van der Waals surface area contributed by atoms with E-state index in [0.29, 0.717) is 25.2 Å². The quantitative estimate of drug-likeness (QED) is 0.324. The number of benzene rings is 1. The molecule has 1 saturated heterocycles. The molecule has 43 heavy (non-hydrogen) atoms. The van der Waals surface area contributed by atoms with Crippen molar-refractivity contribution in [2.45, 2.75) is 36.6 Å². The molecule has 1 saturated carbocycles. The number of anilines is 2. The molecule has 2 N–H and O–H groups in total. The number of hydrogen-bond donors (Lipinski definition) is 1. The van der Waals surface area contributed by atoms with Gasteiger partial charge in [-0.15, -0.1) is 0 Å². The fourth-order valence-electron chi connectivity index (χ4n) is 5.63. The van der Waals surface area contributed by atoms with Gasteiger partial charge in [-0.3, -0.25) is 4.79 Å². The first-order chi connectivity index (χ1) is 20.5. The minimum absolute atomic E-state index is 0.000732. The van der Waals surface area contributed by atoms with Gasteiger partial charge in [0.05, 0.1) is 27.9 Å². The normalized spacial score (nSPS) is 17.3. The largest absolute Gasteiger partial charge is 0.396 e. The van der Waals surface area contributed by atoms with Crippen LogP contribution >= 0.6 is 0 Å². The summed E-state index contributed by atoms with van der Waals surface area (Å²) in [5.74, 6) is -0.762. The number of amides is 1. The van der Waals surface area contributed by atoms with Crippen molar-refractivity contribution in [3.05, 3.63) is 71.3 Å². The van der Waals surface area contributed by atoms with E-state index in [1.165, 1.54) is 30.7 Å². The molecule has 1 amide bonds. The number of piperazine rings is 1. The minimum atomic E-state index is -3.81. The Morgan fingerprint density at radius 1 is 1.19 bits per heavy atom. The standard InChI is InChI=1S/C29H29FN8O4S/c1-4-23(39)36-10-11-37(16(2)14-36)27-19-12-20(30)24(25-21(31)13-32-15-33-25)34-28(19)38(29(40)35-27)26-18(17-8-9-17)6-5-7-22(26)43(3,41)42/h4-7,12-13,15-17H,1,8-11,14,31H2,2-3H3/t16-/m0/s1. The van der Waals surface area contributed by atoms with Crippen LogP contribution in [0, 0.1) is 5.82 Å². The lowest BCUT2D eigenvalue weighted by Gasteiger charge is -2.40. The number of rotatable bonds is 6. The van der Waals surface area contributed by atoms with E-state index >= 15 is 4.39 Å². The number of aromatic nitrogens is 5. The van der Waals surface area contributed by atoms with Crippen molar-refractivity contribution in [2.24, 2.45) is 0 Å². The van der Waals surface area contributed by atoms with E-state index in [-0.39, 0.29) is 62.4 Å². The fraction of sp³-hybridized carbons (Fsp3) is 0.310. The number of nitrogens with two attached hydrogens (primary N) is 1. The number of fused-ring (bicyclic) bond motifs is 1. The summed E-state index contributed by atoms with van der Waals surface area (Å²) >= 11 is 0. The Kier molecular flexibility index (Phi) is 6.95. The maximum absolute atomic E-state index is 15.9. The number of hydrogen-bond acceptors (Lipinski definition) is 10. The Labute approximate surface area is 246 Å². The molecule has 2 fully saturated rings. The SMILES string of the molecule is C=CC(=O)N1CCN(c2nc(=O)n(-c3c(C4CC4)cccc3S(C)(=O)=O)c3nc(-c4ncncc4N)c(F)cc23)[C@@H](C)C1. The van der Waals surface area contributed by atoms with Crippen molar-refractivity contribution in [2.75, 3.05) is 36.5 Å². The lowest BCUT2D eigenvalue weighted by molar-refractivity contribution is -0.126. The number of sulfone groups is 1. The zero-order chi connectivity index (χ0) is 30.6. The van der Waals surface area contributed by atoms with Crippen molar-refractivity contribution >= 4 is 38.3 Å². The Bertz CT molecular complexity index is 1980. The van der Waals surface area contributed by atoms with Crippen LogP contribution in [-0.4, -0.2) is 75.7 Å². The smallest absolute Gasteiger partial charge is 0.355 e. The molecular weight excluding hydrogens is 575 g/mol. The summed E-state index contributed by atoms with van der Waals surface area (Å²) in [4.78, 5) is 46.7. The summed E-state index contributed by atoms with van der Waals surface area (Å²) < 4.78 is 43.1. The Morgan fingerprint density at radius 3 is 2.60 bits per heavy atom. The van der Waals surface area contributed by atoms with E-state index in [2.05, 4.69) is 26.5 Å². The van der Waals surface area contributed by atoms with Gasteiger partial charge < -0.3 is 15.5 Å². The predicted octanol–water partition coefficient (Wildman–Crippen LogP) is 2.46. The van der Waals surface area contributed by atoms with Gasteiger partial charge in [-0.1, -0.05) is 18.7 Å². The van der Waals surface area contributed by atoms with Gasteiger partial charge in [0, 0.05) is 31.9 Å². The molecule has 4 heterocycles. The van der Waals surface area contributed by atoms with E-state index in [1.54, 1.807) is 17.0 Å². The van der Waals surface area contributed by atoms with Gasteiger partial charge in [0.25, 0.3) is 0 Å². The highest BCUT2D eigenvalue weighted by atomic mass is 32.2. The number of para-hydroxylation sites is 1. The summed E-state index contributed by atoms with van der Waals surface area (Å²) in [7, 11) is -3.81. The lowest BCUT2D eigenvalue weighted by Crippen LogP contribution is -2.54. The van der Waals surface area contributed by atoms with Crippen LogP contribution in [0.3, 0.4) is 0 Å². The van der Waals surface area contributed by atoms with Crippen LogP contribution in [0.4, 0.5) is 15.9 Å². The molecular formula is C29H29FN8O4S. The van der Waals surface area contributed by atoms with Crippen LogP contribution < -0.4 is 16.3 Å². The second-order valence-electron chi connectivity index (χ2n) is 10.8. The van der Waals surface area contributed by atoms with Crippen molar-refractivity contribution in [3.63, 3.8) is 0 Å². The molecule has 1 aliphatic carbocycles. The molecule has 222 valence electrons. The molecule has 14 heteroatoms. The zero-order valence-electron chi connectivity index (χ0n) is 23.6. The van der Waals surface area contributed by atoms with Crippen LogP contribution in [-0.2, 0) is 14.6 Å². The number of pyridine rings is 1. The first-order valence-electron chi connectivity index (χ1n) is 13.7. The van der Waals surface area contributed by atoms with E-state index in [1.807, 2.05) is 11.8 Å². The highest BCUT2D eigenvalue weighted by molar-refractivity contribution is 7.90. The van der Waals surface area contributed by atoms with Crippen molar-refractivity contribution < 1.29 is 17.6 Å². The highest BCUT2D eigenvalue weighted by Crippen LogP contribution is 2.45. The van der Waals surface area contributed by atoms with Crippen LogP contribution in [0.15, 0.2) is 59.1 Å². The van der Waals surface area contributed by atoms with E-state index in [9.17, 15) is 18.0 Å². The third-order valence-electron chi connectivity index (χ3n) is 7.82. The van der Waals surface area contributed by atoms with Crippen LogP contribution in [0.1, 0.15) is 31.2 Å². The third kappa shape index (κ3) is 5.01. The summed E-state index contributed by atoms with van der Waals surface area (Å²) in [6, 6.07) is 5.79. The van der Waals surface area contributed by atoms with E-state index < -0.39 is 21.3 Å². The van der Waals surface area contributed by atoms with Gasteiger partial charge in [0.15, 0.2) is 21.3 Å². The molecule has 4 aromatic rings. The van der Waals surface area contributed by atoms with Gasteiger partial charge in [0.1, 0.15) is 23.5 Å². The van der Waals surface area contributed by atoms with Gasteiger partial charge in [0.2, 0.25) is 5.91 Å². The topological polar surface area (TPSA) is 157 Å². The molecule has 0 spiro atoms. The number of carbonyl (C=O) groups excluding carboxylic acids is 1. The Balaban J connectivity index is 1.67. The average Bonchev–Trinajstić information content (AvgIpc) is 3.82. The molecule has 1 aliphatic heterocycles. The fourth-order valence-corrected chi connectivity index (χ4v) is 6.52. The maximum Gasteiger partial charge on any atom is 0.355 e. The molecule has 6 rings (SSSR count). The number of halogens is 1. The molecule has 2 aliphatic rings. The first-order valence-corrected chi connectivity index (χ1v) is 15.6. The monoisotopic (exact) mass is 604 g/mol. The maximum atomic E-state index is 15.9.